The van der Waals surface area contributed by atoms with Crippen LogP contribution in [-0.2, 0) is 24.3 Å². The number of nitrogens with one attached hydrogen (secondary N) is 1. The Bertz CT molecular complexity index is 986. The topological polar surface area (TPSA) is 119 Å². The van der Waals surface area contributed by atoms with Crippen molar-refractivity contribution in [3.8, 4) is 0 Å². The van der Waals surface area contributed by atoms with Gasteiger partial charge in [0.25, 0.3) is 5.91 Å². The molecule has 28 heavy (non-hydrogen) atoms. The van der Waals surface area contributed by atoms with Crippen LogP contribution in [0.1, 0.15) is 21.3 Å². The number of imide groups is 1. The molecule has 0 aliphatic carbocycles. The van der Waals surface area contributed by atoms with E-state index >= 15 is 0 Å². The van der Waals surface area contributed by atoms with Gasteiger partial charge in [0, 0.05) is 0 Å². The Kier molecular flexibility index (Phi) is 5.77. The summed E-state index contributed by atoms with van der Waals surface area (Å²) in [4.78, 5) is 36.0. The van der Waals surface area contributed by atoms with E-state index in [0.717, 1.165) is 23.3 Å². The molecule has 0 spiro atoms. The first-order chi connectivity index (χ1) is 13.3. The molecule has 1 fully saturated rings. The number of thiophene rings is 1. The van der Waals surface area contributed by atoms with Gasteiger partial charge in [-0.3, -0.25) is 4.79 Å². The molecule has 11 heteroatoms. The summed E-state index contributed by atoms with van der Waals surface area (Å²) in [6, 6.07) is 8.82. The van der Waals surface area contributed by atoms with E-state index in [9.17, 15) is 22.8 Å². The summed E-state index contributed by atoms with van der Waals surface area (Å²) in [7, 11) is -3.00. The van der Waals surface area contributed by atoms with E-state index in [-0.39, 0.29) is 22.9 Å². The Morgan fingerprint density at radius 1 is 1.29 bits per heavy atom. The van der Waals surface area contributed by atoms with Gasteiger partial charge < -0.3 is 9.47 Å². The number of esters is 1. The van der Waals surface area contributed by atoms with Gasteiger partial charge in [0.1, 0.15) is 9.77 Å². The Hall–Kier alpha value is -2.76. The first-order valence-electron chi connectivity index (χ1n) is 8.03. The minimum absolute atomic E-state index is 0.0709. The number of sulfonamides is 1. The minimum atomic E-state index is -4.16. The van der Waals surface area contributed by atoms with Gasteiger partial charge in [0.2, 0.25) is 10.0 Å². The molecule has 1 aliphatic heterocycles. The molecular weight excluding hydrogens is 408 g/mol. The van der Waals surface area contributed by atoms with E-state index < -0.39 is 34.0 Å². The maximum absolute atomic E-state index is 12.9. The lowest BCUT2D eigenvalue weighted by atomic mass is 10.1. The van der Waals surface area contributed by atoms with E-state index in [0.29, 0.717) is 5.56 Å². The summed E-state index contributed by atoms with van der Waals surface area (Å²) in [6.07, 6.45) is -0.837. The summed E-state index contributed by atoms with van der Waals surface area (Å²) in [5.74, 6) is -1.33. The Balaban J connectivity index is 1.93. The number of cyclic esters (lactones) is 1. The van der Waals surface area contributed by atoms with Gasteiger partial charge in [-0.1, -0.05) is 30.3 Å². The van der Waals surface area contributed by atoms with Crippen molar-refractivity contribution in [3.05, 3.63) is 52.2 Å². The molecule has 3 rings (SSSR count). The number of benzene rings is 1. The molecule has 148 valence electrons. The summed E-state index contributed by atoms with van der Waals surface area (Å²) in [5.41, 5.74) is 0.536. The van der Waals surface area contributed by atoms with Gasteiger partial charge in [-0.2, -0.15) is 0 Å². The summed E-state index contributed by atoms with van der Waals surface area (Å²) in [5, 5.41) is 1.46. The zero-order chi connectivity index (χ0) is 20.3. The Morgan fingerprint density at radius 3 is 2.61 bits per heavy atom. The molecule has 0 radical (unpaired) electrons. The number of ether oxygens (including phenoxy) is 2. The predicted octanol–water partition coefficient (Wildman–Crippen LogP) is 1.53. The number of hydrogen-bond donors (Lipinski definition) is 1. The minimum Gasteiger partial charge on any atom is -0.465 e. The van der Waals surface area contributed by atoms with Crippen molar-refractivity contribution >= 4 is 39.3 Å². The monoisotopic (exact) mass is 424 g/mol. The van der Waals surface area contributed by atoms with E-state index in [1.165, 1.54) is 11.4 Å². The number of hydrogen-bond acceptors (Lipinski definition) is 8. The van der Waals surface area contributed by atoms with Crippen molar-refractivity contribution in [1.29, 1.82) is 0 Å². The van der Waals surface area contributed by atoms with Crippen LogP contribution in [0.3, 0.4) is 0 Å². The molecule has 1 aromatic carbocycles. The summed E-state index contributed by atoms with van der Waals surface area (Å²) in [6.45, 7) is -0.636. The second kappa shape index (κ2) is 8.09. The van der Waals surface area contributed by atoms with Gasteiger partial charge in [-0.05, 0) is 17.0 Å². The molecular formula is C17H16N2O7S2. The summed E-state index contributed by atoms with van der Waals surface area (Å²) >= 11 is 0.933. The number of carbonyl (C=O) groups is 3. The molecule has 1 atom stereocenters. The largest absolute Gasteiger partial charge is 0.465 e. The van der Waals surface area contributed by atoms with Crippen LogP contribution < -0.4 is 4.72 Å². The molecule has 0 saturated carbocycles. The molecule has 2 aromatic rings. The van der Waals surface area contributed by atoms with Gasteiger partial charge in [-0.25, -0.2) is 27.6 Å². The van der Waals surface area contributed by atoms with Crippen molar-refractivity contribution in [1.82, 2.24) is 9.62 Å². The highest BCUT2D eigenvalue weighted by Crippen LogP contribution is 2.26. The second-order valence-electron chi connectivity index (χ2n) is 5.75. The number of amides is 2. The van der Waals surface area contributed by atoms with Crippen LogP contribution in [0.25, 0.3) is 0 Å². The fourth-order valence-corrected chi connectivity index (χ4v) is 5.19. The maximum atomic E-state index is 12.9. The van der Waals surface area contributed by atoms with Crippen molar-refractivity contribution in [2.24, 2.45) is 0 Å². The van der Waals surface area contributed by atoms with E-state index in [2.05, 4.69) is 14.2 Å². The molecule has 2 amide bonds. The third kappa shape index (κ3) is 4.06. The highest BCUT2D eigenvalue weighted by Gasteiger charge is 2.35. The molecule has 0 unspecified atom stereocenters. The first-order valence-corrected chi connectivity index (χ1v) is 10.4. The van der Waals surface area contributed by atoms with Gasteiger partial charge in [-0.15, -0.1) is 11.3 Å². The van der Waals surface area contributed by atoms with Crippen LogP contribution >= 0.6 is 11.3 Å². The second-order valence-corrected chi connectivity index (χ2v) is 8.35. The predicted molar refractivity (Wildman–Crippen MR) is 98.2 cm³/mol. The van der Waals surface area contributed by atoms with Crippen LogP contribution in [0, 0.1) is 0 Å². The van der Waals surface area contributed by atoms with E-state index in [1.54, 1.807) is 30.3 Å². The van der Waals surface area contributed by atoms with Crippen LogP contribution in [0.4, 0.5) is 4.79 Å². The standard InChI is InChI=1S/C17H16N2O7S2/c1-25-16(21)15-13(7-8-27-15)28(23,24)18-12(11-5-3-2-4-6-11)9-19-14(20)10-26-17(19)22/h2-8,12,18H,9-10H2,1H3/t12-/m1/s1. The maximum Gasteiger partial charge on any atom is 0.417 e. The highest BCUT2D eigenvalue weighted by molar-refractivity contribution is 7.89. The average Bonchev–Trinajstić information content (AvgIpc) is 3.30. The zero-order valence-electron chi connectivity index (χ0n) is 14.7. The molecule has 1 N–H and O–H groups in total. The fourth-order valence-electron chi connectivity index (χ4n) is 2.64. The smallest absolute Gasteiger partial charge is 0.417 e. The normalized spacial score (nSPS) is 15.4. The fraction of sp³-hybridized carbons (Fsp3) is 0.235. The Morgan fingerprint density at radius 2 is 2.00 bits per heavy atom. The third-order valence-electron chi connectivity index (χ3n) is 3.99. The average molecular weight is 424 g/mol. The summed E-state index contributed by atoms with van der Waals surface area (Å²) < 4.78 is 37.6. The molecule has 9 nitrogen and oxygen atoms in total. The number of nitrogens with zero attached hydrogens (tertiary/aromatic N) is 1. The van der Waals surface area contributed by atoms with Crippen molar-refractivity contribution in [3.63, 3.8) is 0 Å². The van der Waals surface area contributed by atoms with Gasteiger partial charge in [0.05, 0.1) is 19.7 Å². The number of rotatable bonds is 7. The third-order valence-corrected chi connectivity index (χ3v) is 6.53. The Labute approximate surface area is 164 Å². The van der Waals surface area contributed by atoms with Gasteiger partial charge >= 0.3 is 12.1 Å². The van der Waals surface area contributed by atoms with Crippen LogP contribution in [0.5, 0.6) is 0 Å². The van der Waals surface area contributed by atoms with Crippen molar-refractivity contribution < 1.29 is 32.3 Å². The van der Waals surface area contributed by atoms with E-state index in [4.69, 9.17) is 0 Å². The highest BCUT2D eigenvalue weighted by atomic mass is 32.2. The van der Waals surface area contributed by atoms with Crippen molar-refractivity contribution in [2.75, 3.05) is 20.3 Å². The van der Waals surface area contributed by atoms with Crippen LogP contribution in [-0.4, -0.2) is 51.5 Å². The molecule has 1 saturated heterocycles. The van der Waals surface area contributed by atoms with Crippen LogP contribution in [0.2, 0.25) is 0 Å². The quantitative estimate of drug-likeness (QED) is 0.670. The van der Waals surface area contributed by atoms with E-state index in [1.807, 2.05) is 0 Å². The van der Waals surface area contributed by atoms with Gasteiger partial charge in [0.15, 0.2) is 6.61 Å². The molecule has 2 heterocycles. The van der Waals surface area contributed by atoms with Crippen LogP contribution in [0.15, 0.2) is 46.7 Å². The zero-order valence-corrected chi connectivity index (χ0v) is 16.3. The first kappa shape index (κ1) is 20.0. The lowest BCUT2D eigenvalue weighted by Crippen LogP contribution is -2.40. The SMILES string of the molecule is COC(=O)c1sccc1S(=O)(=O)N[C@H](CN1C(=O)COC1=O)c1ccccc1. The number of carbonyl (C=O) groups excluding carboxylic acids is 3. The lowest BCUT2D eigenvalue weighted by molar-refractivity contribution is -0.126. The molecule has 1 aliphatic rings. The molecule has 1 aromatic heterocycles. The lowest BCUT2D eigenvalue weighted by Gasteiger charge is -2.22. The van der Waals surface area contributed by atoms with Crippen molar-refractivity contribution in [2.45, 2.75) is 10.9 Å². The molecule has 0 bridgehead atoms. The number of methoxy groups -OCH3 is 1.